The van der Waals surface area contributed by atoms with Crippen LogP contribution in [0.2, 0.25) is 5.15 Å². The average molecular weight is 352 g/mol. The maximum Gasteiger partial charge on any atom is 0.129 e. The second kappa shape index (κ2) is 5.74. The van der Waals surface area contributed by atoms with Crippen LogP contribution in [0.15, 0.2) is 40.9 Å². The molecule has 0 radical (unpaired) electrons. The Bertz CT molecular complexity index is 624. The molecule has 1 aliphatic rings. The summed E-state index contributed by atoms with van der Waals surface area (Å²) in [7, 11) is 0. The number of hydrogen-bond donors (Lipinski definition) is 1. The van der Waals surface area contributed by atoms with Crippen molar-refractivity contribution in [3.63, 3.8) is 0 Å². The van der Waals surface area contributed by atoms with Gasteiger partial charge in [-0.25, -0.2) is 4.98 Å². The van der Waals surface area contributed by atoms with Crippen molar-refractivity contribution in [1.82, 2.24) is 4.98 Å². The predicted molar refractivity (Wildman–Crippen MR) is 87.5 cm³/mol. The van der Waals surface area contributed by atoms with E-state index in [0.29, 0.717) is 17.1 Å². The van der Waals surface area contributed by atoms with E-state index in [1.807, 2.05) is 19.1 Å². The van der Waals surface area contributed by atoms with E-state index < -0.39 is 0 Å². The van der Waals surface area contributed by atoms with E-state index in [1.54, 1.807) is 0 Å². The fourth-order valence-electron chi connectivity index (χ4n) is 2.67. The molecule has 4 heteroatoms. The molecule has 0 aliphatic heterocycles. The second-order valence-electron chi connectivity index (χ2n) is 5.33. The summed E-state index contributed by atoms with van der Waals surface area (Å²) in [5.41, 5.74) is 3.47. The number of anilines is 1. The zero-order valence-corrected chi connectivity index (χ0v) is 13.6. The van der Waals surface area contributed by atoms with E-state index in [2.05, 4.69) is 50.5 Å². The van der Waals surface area contributed by atoms with Gasteiger partial charge in [0.05, 0.1) is 11.4 Å². The molecule has 2 aromatic rings. The van der Waals surface area contributed by atoms with Crippen molar-refractivity contribution >= 4 is 33.2 Å². The van der Waals surface area contributed by atoms with E-state index in [4.69, 9.17) is 11.6 Å². The molecule has 1 aliphatic carbocycles. The topological polar surface area (TPSA) is 24.9 Å². The van der Waals surface area contributed by atoms with Gasteiger partial charge in [0.15, 0.2) is 0 Å². The van der Waals surface area contributed by atoms with Crippen molar-refractivity contribution in [1.29, 1.82) is 0 Å². The van der Waals surface area contributed by atoms with Crippen molar-refractivity contribution in [2.75, 3.05) is 5.32 Å². The highest BCUT2D eigenvalue weighted by molar-refractivity contribution is 9.10. The lowest BCUT2D eigenvalue weighted by molar-refractivity contribution is 0.374. The molecule has 104 valence electrons. The third kappa shape index (κ3) is 2.99. The van der Waals surface area contributed by atoms with Crippen LogP contribution in [-0.2, 0) is 0 Å². The van der Waals surface area contributed by atoms with Gasteiger partial charge in [-0.2, -0.15) is 0 Å². The lowest BCUT2D eigenvalue weighted by Gasteiger charge is -2.37. The van der Waals surface area contributed by atoms with Gasteiger partial charge >= 0.3 is 0 Å². The molecule has 0 amide bonds. The Hall–Kier alpha value is -1.06. The van der Waals surface area contributed by atoms with E-state index in [0.717, 1.165) is 15.9 Å². The summed E-state index contributed by atoms with van der Waals surface area (Å²) >= 11 is 9.41. The van der Waals surface area contributed by atoms with Gasteiger partial charge in [-0.15, -0.1) is 0 Å². The van der Waals surface area contributed by atoms with E-state index in [9.17, 15) is 0 Å². The number of aryl methyl sites for hydroxylation is 1. The van der Waals surface area contributed by atoms with Crippen LogP contribution in [0, 0.1) is 6.92 Å². The molecule has 2 nitrogen and oxygen atoms in total. The highest BCUT2D eigenvalue weighted by Gasteiger charge is 2.30. The smallest absolute Gasteiger partial charge is 0.129 e. The number of pyridine rings is 1. The van der Waals surface area contributed by atoms with Gasteiger partial charge in [-0.05, 0) is 55.5 Å². The zero-order valence-electron chi connectivity index (χ0n) is 11.2. The van der Waals surface area contributed by atoms with Crippen molar-refractivity contribution in [2.45, 2.75) is 31.7 Å². The molecule has 20 heavy (non-hydrogen) atoms. The van der Waals surface area contributed by atoms with Crippen LogP contribution in [0.5, 0.6) is 0 Å². The number of halogens is 2. The van der Waals surface area contributed by atoms with Gasteiger partial charge < -0.3 is 5.32 Å². The lowest BCUT2D eigenvalue weighted by atomic mass is 9.76. The first-order chi connectivity index (χ1) is 9.61. The second-order valence-corrected chi connectivity index (χ2v) is 6.63. The maximum absolute atomic E-state index is 5.88. The monoisotopic (exact) mass is 350 g/mol. The predicted octanol–water partition coefficient (Wildman–Crippen LogP) is 5.16. The van der Waals surface area contributed by atoms with Gasteiger partial charge in [-0.1, -0.05) is 39.7 Å². The molecule has 0 spiro atoms. The average Bonchev–Trinajstić information content (AvgIpc) is 2.35. The molecular weight excluding hydrogens is 336 g/mol. The van der Waals surface area contributed by atoms with E-state index >= 15 is 0 Å². The van der Waals surface area contributed by atoms with Crippen molar-refractivity contribution in [2.24, 2.45) is 0 Å². The first-order valence-electron chi connectivity index (χ1n) is 6.77. The van der Waals surface area contributed by atoms with Crippen molar-refractivity contribution in [3.05, 3.63) is 57.3 Å². The summed E-state index contributed by atoms with van der Waals surface area (Å²) in [5, 5.41) is 4.11. The first kappa shape index (κ1) is 13.9. The molecule has 1 fully saturated rings. The minimum atomic E-state index is 0.528. The third-order valence-electron chi connectivity index (χ3n) is 3.87. The zero-order chi connectivity index (χ0) is 14.1. The summed E-state index contributed by atoms with van der Waals surface area (Å²) in [5.74, 6) is 0.658. The Kier molecular flexibility index (Phi) is 3.99. The van der Waals surface area contributed by atoms with Gasteiger partial charge in [-0.3, -0.25) is 0 Å². The molecular formula is C16H16BrClN2. The van der Waals surface area contributed by atoms with Crippen LogP contribution in [-0.4, -0.2) is 11.0 Å². The fourth-order valence-corrected chi connectivity index (χ4v) is 3.28. The van der Waals surface area contributed by atoms with E-state index in [-0.39, 0.29) is 0 Å². The molecule has 1 N–H and O–H groups in total. The van der Waals surface area contributed by atoms with E-state index in [1.165, 1.54) is 18.4 Å². The standard InChI is InChI=1S/C16H16BrClN2/c1-10-15(5-6-16(18)19-10)20-14-8-12(9-14)11-3-2-4-13(17)7-11/h2-7,12,14,20H,8-9H2,1H3. The molecule has 0 saturated heterocycles. The van der Waals surface area contributed by atoms with Crippen LogP contribution in [0.4, 0.5) is 5.69 Å². The Morgan fingerprint density at radius 1 is 1.25 bits per heavy atom. The number of rotatable bonds is 3. The number of nitrogens with one attached hydrogen (secondary N) is 1. The van der Waals surface area contributed by atoms with Crippen molar-refractivity contribution < 1.29 is 0 Å². The van der Waals surface area contributed by atoms with Crippen LogP contribution in [0.1, 0.15) is 30.0 Å². The summed E-state index contributed by atoms with van der Waals surface area (Å²) < 4.78 is 1.16. The molecule has 1 aromatic carbocycles. The largest absolute Gasteiger partial charge is 0.381 e. The first-order valence-corrected chi connectivity index (χ1v) is 7.94. The van der Waals surface area contributed by atoms with Crippen LogP contribution in [0.25, 0.3) is 0 Å². The Balaban J connectivity index is 1.61. The summed E-state index contributed by atoms with van der Waals surface area (Å²) in [4.78, 5) is 4.27. The fraction of sp³-hybridized carbons (Fsp3) is 0.312. The molecule has 1 heterocycles. The third-order valence-corrected chi connectivity index (χ3v) is 4.57. The Labute approximate surface area is 132 Å². The number of benzene rings is 1. The van der Waals surface area contributed by atoms with Crippen molar-refractivity contribution in [3.8, 4) is 0 Å². The maximum atomic E-state index is 5.88. The minimum absolute atomic E-state index is 0.528. The summed E-state index contributed by atoms with van der Waals surface area (Å²) in [6, 6.07) is 13.0. The highest BCUT2D eigenvalue weighted by atomic mass is 79.9. The van der Waals surface area contributed by atoms with Gasteiger partial charge in [0, 0.05) is 10.5 Å². The normalized spacial score (nSPS) is 21.4. The SMILES string of the molecule is Cc1nc(Cl)ccc1NC1CC(c2cccc(Br)c2)C1. The molecule has 1 saturated carbocycles. The Morgan fingerprint density at radius 3 is 2.75 bits per heavy atom. The van der Waals surface area contributed by atoms with Crippen LogP contribution >= 0.6 is 27.5 Å². The summed E-state index contributed by atoms with van der Waals surface area (Å²) in [6.45, 7) is 1.98. The Morgan fingerprint density at radius 2 is 2.05 bits per heavy atom. The number of aromatic nitrogens is 1. The number of nitrogens with zero attached hydrogens (tertiary/aromatic N) is 1. The lowest BCUT2D eigenvalue weighted by Crippen LogP contribution is -2.34. The molecule has 0 bridgehead atoms. The summed E-state index contributed by atoms with van der Waals surface area (Å²) in [6.07, 6.45) is 2.33. The molecule has 0 atom stereocenters. The number of hydrogen-bond acceptors (Lipinski definition) is 2. The van der Waals surface area contributed by atoms with Gasteiger partial charge in [0.1, 0.15) is 5.15 Å². The van der Waals surface area contributed by atoms with Crippen LogP contribution in [0.3, 0.4) is 0 Å². The van der Waals surface area contributed by atoms with Gasteiger partial charge in [0.25, 0.3) is 0 Å². The quantitative estimate of drug-likeness (QED) is 0.772. The van der Waals surface area contributed by atoms with Gasteiger partial charge in [0.2, 0.25) is 0 Å². The molecule has 0 unspecified atom stereocenters. The minimum Gasteiger partial charge on any atom is -0.381 e. The molecule has 3 rings (SSSR count). The molecule has 1 aromatic heterocycles. The van der Waals surface area contributed by atoms with Crippen LogP contribution < -0.4 is 5.32 Å². The highest BCUT2D eigenvalue weighted by Crippen LogP contribution is 2.39.